The van der Waals surface area contributed by atoms with E-state index >= 15 is 0 Å². The van der Waals surface area contributed by atoms with E-state index in [1.54, 1.807) is 31.3 Å². The van der Waals surface area contributed by atoms with Crippen molar-refractivity contribution in [3.8, 4) is 17.2 Å². The first kappa shape index (κ1) is 33.5. The van der Waals surface area contributed by atoms with E-state index in [4.69, 9.17) is 23.7 Å². The third-order valence-corrected chi connectivity index (χ3v) is 8.32. The summed E-state index contributed by atoms with van der Waals surface area (Å²) < 4.78 is 29.1. The van der Waals surface area contributed by atoms with Gasteiger partial charge in [-0.2, -0.15) is 0 Å². The van der Waals surface area contributed by atoms with Gasteiger partial charge in [0.15, 0.2) is 11.5 Å². The number of hydrogen-bond donors (Lipinski definition) is 0. The minimum Gasteiger partial charge on any atom is -0.493 e. The minimum atomic E-state index is -0.587. The molecule has 1 aliphatic heterocycles. The van der Waals surface area contributed by atoms with E-state index in [0.29, 0.717) is 56.3 Å². The van der Waals surface area contributed by atoms with Crippen LogP contribution in [0.15, 0.2) is 37.4 Å². The quantitative estimate of drug-likeness (QED) is 0.123. The molecule has 8 nitrogen and oxygen atoms in total. The van der Waals surface area contributed by atoms with Crippen molar-refractivity contribution in [3.05, 3.63) is 43.0 Å². The molecule has 0 bridgehead atoms. The lowest BCUT2D eigenvalue weighted by Crippen LogP contribution is -2.51. The molecule has 4 atom stereocenters. The molecule has 1 aromatic rings. The minimum absolute atomic E-state index is 0.0241. The summed E-state index contributed by atoms with van der Waals surface area (Å²) in [5.74, 6) is 0.905. The van der Waals surface area contributed by atoms with Crippen LogP contribution in [-0.4, -0.2) is 69.0 Å². The highest BCUT2D eigenvalue weighted by Crippen LogP contribution is 2.45. The zero-order valence-electron chi connectivity index (χ0n) is 26.1. The molecule has 1 aromatic carbocycles. The number of carbonyl (C=O) groups is 2. The number of carbonyl (C=O) groups excluding carboxylic acids is 2. The fraction of sp³-hybridized carbons (Fsp3) is 0.647. The predicted molar refractivity (Wildman–Crippen MR) is 164 cm³/mol. The molecule has 0 spiro atoms. The molecule has 1 saturated heterocycles. The Kier molecular flexibility index (Phi) is 13.7. The second-order valence-corrected chi connectivity index (χ2v) is 11.5. The number of amides is 1. The summed E-state index contributed by atoms with van der Waals surface area (Å²) in [5, 5.41) is 0. The number of likely N-dealkylation sites (tertiary alicyclic amines) is 1. The average molecular weight is 586 g/mol. The summed E-state index contributed by atoms with van der Waals surface area (Å²) in [7, 11) is 3.18. The van der Waals surface area contributed by atoms with Gasteiger partial charge in [0.1, 0.15) is 12.1 Å². The highest BCUT2D eigenvalue weighted by atomic mass is 16.5. The van der Waals surface area contributed by atoms with Crippen molar-refractivity contribution in [1.29, 1.82) is 0 Å². The smallest absolute Gasteiger partial charge is 0.329 e. The zero-order valence-corrected chi connectivity index (χ0v) is 26.1. The van der Waals surface area contributed by atoms with Crippen LogP contribution in [0.3, 0.4) is 0 Å². The standard InChI is InChI=1S/C34H51NO7/c1-7-14-24(3)42-34(37)28-17-12-13-19-35(28)33(36)31(26-15-10-9-11-16-26)27-22-29(38-5)32(39-6)30(23-27)41-25(4)18-21-40-20-8-2/h7-8,22-26,28,31H,1-2,9-21H2,3-6H3/t24-,25-,28+,31+/m1/s1. The van der Waals surface area contributed by atoms with Gasteiger partial charge in [-0.1, -0.05) is 31.4 Å². The van der Waals surface area contributed by atoms with Crippen LogP contribution >= 0.6 is 0 Å². The Bertz CT molecular complexity index is 1030. The Labute approximate surface area is 252 Å². The Morgan fingerprint density at radius 1 is 0.952 bits per heavy atom. The molecule has 0 unspecified atom stereocenters. The van der Waals surface area contributed by atoms with E-state index in [0.717, 1.165) is 44.1 Å². The van der Waals surface area contributed by atoms with Crippen LogP contribution < -0.4 is 14.2 Å². The highest BCUT2D eigenvalue weighted by Gasteiger charge is 2.41. The number of nitrogens with zero attached hydrogens (tertiary/aromatic N) is 1. The summed E-state index contributed by atoms with van der Waals surface area (Å²) in [5.41, 5.74) is 0.826. The van der Waals surface area contributed by atoms with Crippen molar-refractivity contribution in [2.45, 2.75) is 102 Å². The third-order valence-electron chi connectivity index (χ3n) is 8.32. The normalized spacial score (nSPS) is 19.7. The van der Waals surface area contributed by atoms with E-state index in [2.05, 4.69) is 13.2 Å². The third kappa shape index (κ3) is 9.00. The fourth-order valence-corrected chi connectivity index (χ4v) is 6.17. The van der Waals surface area contributed by atoms with Crippen LogP contribution in [0.25, 0.3) is 0 Å². The first-order valence-corrected chi connectivity index (χ1v) is 15.6. The summed E-state index contributed by atoms with van der Waals surface area (Å²) in [6.07, 6.45) is 11.9. The van der Waals surface area contributed by atoms with Crippen LogP contribution in [0.5, 0.6) is 17.2 Å². The van der Waals surface area contributed by atoms with Crippen LogP contribution in [-0.2, 0) is 19.1 Å². The van der Waals surface area contributed by atoms with Gasteiger partial charge in [0, 0.05) is 19.4 Å². The Hall–Kier alpha value is -3.00. The molecule has 8 heteroatoms. The zero-order chi connectivity index (χ0) is 30.5. The Morgan fingerprint density at radius 2 is 1.67 bits per heavy atom. The number of ether oxygens (including phenoxy) is 5. The van der Waals surface area contributed by atoms with Gasteiger partial charge in [-0.3, -0.25) is 4.79 Å². The SMILES string of the molecule is C=CCOCC[C@@H](C)Oc1cc([C@@H](C(=O)N2CCCC[C@H]2C(=O)O[C@H](C)CC=C)C2CCCCC2)cc(OC)c1OC. The number of hydrogen-bond acceptors (Lipinski definition) is 7. The van der Waals surface area contributed by atoms with Crippen molar-refractivity contribution >= 4 is 11.9 Å². The molecule has 3 rings (SSSR count). The predicted octanol–water partition coefficient (Wildman–Crippen LogP) is 6.62. The molecule has 1 aliphatic carbocycles. The van der Waals surface area contributed by atoms with Crippen molar-refractivity contribution < 1.29 is 33.3 Å². The lowest BCUT2D eigenvalue weighted by molar-refractivity contribution is -0.161. The highest BCUT2D eigenvalue weighted by molar-refractivity contribution is 5.89. The second kappa shape index (κ2) is 17.2. The van der Waals surface area contributed by atoms with Gasteiger partial charge >= 0.3 is 5.97 Å². The van der Waals surface area contributed by atoms with Crippen molar-refractivity contribution in [3.63, 3.8) is 0 Å². The molecule has 1 amide bonds. The number of piperidine rings is 1. The first-order chi connectivity index (χ1) is 20.3. The van der Waals surface area contributed by atoms with Crippen molar-refractivity contribution in [1.82, 2.24) is 4.90 Å². The second-order valence-electron chi connectivity index (χ2n) is 11.5. The van der Waals surface area contributed by atoms with Gasteiger partial charge in [-0.25, -0.2) is 4.79 Å². The topological polar surface area (TPSA) is 83.5 Å². The van der Waals surface area contributed by atoms with Gasteiger partial charge in [0.25, 0.3) is 0 Å². The van der Waals surface area contributed by atoms with Gasteiger partial charge in [0.05, 0.1) is 39.5 Å². The molecule has 0 N–H and O–H groups in total. The van der Waals surface area contributed by atoms with Crippen molar-refractivity contribution in [2.75, 3.05) is 34.0 Å². The molecular formula is C34H51NO7. The summed E-state index contributed by atoms with van der Waals surface area (Å²) in [6, 6.07) is 3.25. The van der Waals surface area contributed by atoms with Crippen LogP contribution in [0.2, 0.25) is 0 Å². The lowest BCUT2D eigenvalue weighted by Gasteiger charge is -2.39. The number of rotatable bonds is 16. The molecule has 1 heterocycles. The first-order valence-electron chi connectivity index (χ1n) is 15.6. The molecule has 2 aliphatic rings. The molecule has 234 valence electrons. The summed E-state index contributed by atoms with van der Waals surface area (Å²) >= 11 is 0. The summed E-state index contributed by atoms with van der Waals surface area (Å²) in [6.45, 7) is 12.8. The van der Waals surface area contributed by atoms with E-state index in [1.807, 2.05) is 26.0 Å². The van der Waals surface area contributed by atoms with Crippen molar-refractivity contribution in [2.24, 2.45) is 5.92 Å². The fourth-order valence-electron chi connectivity index (χ4n) is 6.17. The number of esters is 1. The lowest BCUT2D eigenvalue weighted by atomic mass is 9.75. The van der Waals surface area contributed by atoms with Crippen LogP contribution in [0.1, 0.15) is 89.5 Å². The van der Waals surface area contributed by atoms with Gasteiger partial charge < -0.3 is 28.6 Å². The van der Waals surface area contributed by atoms with E-state index in [1.165, 1.54) is 6.42 Å². The van der Waals surface area contributed by atoms with E-state index in [-0.39, 0.29) is 30.0 Å². The maximum Gasteiger partial charge on any atom is 0.329 e. The maximum absolute atomic E-state index is 14.6. The molecule has 0 aromatic heterocycles. The van der Waals surface area contributed by atoms with E-state index in [9.17, 15) is 9.59 Å². The largest absolute Gasteiger partial charge is 0.493 e. The monoisotopic (exact) mass is 585 g/mol. The maximum atomic E-state index is 14.6. The molecule has 1 saturated carbocycles. The van der Waals surface area contributed by atoms with Gasteiger partial charge in [0.2, 0.25) is 11.7 Å². The van der Waals surface area contributed by atoms with Crippen LogP contribution in [0.4, 0.5) is 0 Å². The average Bonchev–Trinajstić information content (AvgIpc) is 2.99. The molecule has 2 fully saturated rings. The van der Waals surface area contributed by atoms with Gasteiger partial charge in [-0.15, -0.1) is 13.2 Å². The number of benzene rings is 1. The summed E-state index contributed by atoms with van der Waals surface area (Å²) in [4.78, 5) is 29.7. The van der Waals surface area contributed by atoms with Gasteiger partial charge in [-0.05, 0) is 69.6 Å². The molecule has 42 heavy (non-hydrogen) atoms. The molecular weight excluding hydrogens is 534 g/mol. The van der Waals surface area contributed by atoms with E-state index < -0.39 is 12.0 Å². The van der Waals surface area contributed by atoms with Crippen LogP contribution in [0, 0.1) is 5.92 Å². The Morgan fingerprint density at radius 3 is 2.33 bits per heavy atom. The Balaban J connectivity index is 1.97. The molecule has 0 radical (unpaired) electrons. The number of methoxy groups -OCH3 is 2.